The van der Waals surface area contributed by atoms with Crippen LogP contribution in [0.2, 0.25) is 0 Å². The topological polar surface area (TPSA) is 130 Å². The molecule has 146 valence electrons. The molecule has 0 aliphatic heterocycles. The van der Waals surface area contributed by atoms with Gasteiger partial charge in [-0.3, -0.25) is 15.1 Å². The number of hydrogen-bond donors (Lipinski definition) is 1. The highest BCUT2D eigenvalue weighted by Gasteiger charge is 2.21. The van der Waals surface area contributed by atoms with Crippen LogP contribution in [0.15, 0.2) is 30.5 Å². The number of nitrogens with zero attached hydrogens (tertiary/aromatic N) is 2. The van der Waals surface area contributed by atoms with Gasteiger partial charge in [-0.2, -0.15) is 0 Å². The number of carboxylic acid groups (broad SMARTS) is 1. The summed E-state index contributed by atoms with van der Waals surface area (Å²) < 4.78 is 20.8. The maximum atomic E-state index is 11.3. The molecule has 1 aromatic carbocycles. The van der Waals surface area contributed by atoms with Crippen molar-refractivity contribution in [3.63, 3.8) is 0 Å². The largest absolute Gasteiger partial charge is 0.488 e. The zero-order chi connectivity index (χ0) is 19.6. The van der Waals surface area contributed by atoms with Crippen LogP contribution in [0.4, 0.5) is 5.69 Å². The van der Waals surface area contributed by atoms with Crippen molar-refractivity contribution in [1.29, 1.82) is 0 Å². The number of nitro benzene ring substituents is 1. The fourth-order valence-corrected chi connectivity index (χ4v) is 2.26. The van der Waals surface area contributed by atoms with E-state index in [2.05, 4.69) is 4.98 Å². The third kappa shape index (κ3) is 5.84. The molecule has 10 heteroatoms. The molecule has 0 amide bonds. The summed E-state index contributed by atoms with van der Waals surface area (Å²) in [5.41, 5.74) is 0.170. The summed E-state index contributed by atoms with van der Waals surface area (Å²) in [6.45, 7) is 0.829. The number of carboxylic acids is 1. The van der Waals surface area contributed by atoms with Crippen LogP contribution in [-0.4, -0.2) is 67.2 Å². The van der Waals surface area contributed by atoms with Crippen molar-refractivity contribution >= 4 is 22.6 Å². The number of non-ortho nitro benzene ring substituents is 1. The number of carbonyl (C=O) groups is 1. The maximum Gasteiger partial charge on any atom is 0.336 e. The number of nitro groups is 1. The van der Waals surface area contributed by atoms with Crippen LogP contribution in [0.25, 0.3) is 10.9 Å². The molecule has 1 N–H and O–H groups in total. The van der Waals surface area contributed by atoms with Crippen molar-refractivity contribution in [3.8, 4) is 5.75 Å². The SMILES string of the molecule is COCCOCCOC(COc1ccc([N+](=O)[O-])c2cccnc12)C(=O)O. The van der Waals surface area contributed by atoms with Gasteiger partial charge in [0.05, 0.1) is 36.7 Å². The molecule has 0 aliphatic carbocycles. The Morgan fingerprint density at radius 2 is 2.04 bits per heavy atom. The van der Waals surface area contributed by atoms with Gasteiger partial charge in [-0.15, -0.1) is 0 Å². The molecule has 1 aromatic heterocycles. The van der Waals surface area contributed by atoms with Crippen molar-refractivity contribution in [3.05, 3.63) is 40.6 Å². The van der Waals surface area contributed by atoms with Crippen molar-refractivity contribution in [2.45, 2.75) is 6.10 Å². The number of benzene rings is 1. The van der Waals surface area contributed by atoms with Crippen molar-refractivity contribution in [1.82, 2.24) is 4.98 Å². The highest BCUT2D eigenvalue weighted by atomic mass is 16.6. The zero-order valence-corrected chi connectivity index (χ0v) is 14.7. The minimum absolute atomic E-state index is 0.0727. The number of pyridine rings is 1. The minimum atomic E-state index is -1.22. The summed E-state index contributed by atoms with van der Waals surface area (Å²) in [7, 11) is 1.55. The molecule has 27 heavy (non-hydrogen) atoms. The van der Waals surface area contributed by atoms with Crippen LogP contribution in [0.3, 0.4) is 0 Å². The average molecular weight is 380 g/mol. The summed E-state index contributed by atoms with van der Waals surface area (Å²) in [5.74, 6) is -0.950. The fourth-order valence-electron chi connectivity index (χ4n) is 2.26. The predicted molar refractivity (Wildman–Crippen MR) is 94.0 cm³/mol. The number of fused-ring (bicyclic) bond motifs is 1. The number of methoxy groups -OCH3 is 1. The van der Waals surface area contributed by atoms with Gasteiger partial charge in [0.1, 0.15) is 17.9 Å². The number of ether oxygens (including phenoxy) is 4. The molecule has 10 nitrogen and oxygen atoms in total. The van der Waals surface area contributed by atoms with E-state index in [4.69, 9.17) is 18.9 Å². The van der Waals surface area contributed by atoms with Crippen LogP contribution in [0.5, 0.6) is 5.75 Å². The van der Waals surface area contributed by atoms with Crippen LogP contribution in [0, 0.1) is 10.1 Å². The number of hydrogen-bond acceptors (Lipinski definition) is 8. The Morgan fingerprint density at radius 1 is 1.26 bits per heavy atom. The van der Waals surface area contributed by atoms with Crippen molar-refractivity contribution < 1.29 is 33.8 Å². The second-order valence-electron chi connectivity index (χ2n) is 5.35. The van der Waals surface area contributed by atoms with Gasteiger partial charge in [0.15, 0.2) is 6.10 Å². The normalized spacial score (nSPS) is 12.0. The molecule has 0 spiro atoms. The van der Waals surface area contributed by atoms with Crippen molar-refractivity contribution in [2.75, 3.05) is 40.1 Å². The van der Waals surface area contributed by atoms with Crippen molar-refractivity contribution in [2.24, 2.45) is 0 Å². The lowest BCUT2D eigenvalue weighted by Crippen LogP contribution is -2.32. The molecule has 1 heterocycles. The lowest BCUT2D eigenvalue weighted by atomic mass is 10.1. The van der Waals surface area contributed by atoms with Gasteiger partial charge >= 0.3 is 5.97 Å². The van der Waals surface area contributed by atoms with Gasteiger partial charge in [-0.1, -0.05) is 0 Å². The number of rotatable bonds is 12. The zero-order valence-electron chi connectivity index (χ0n) is 14.7. The summed E-state index contributed by atoms with van der Waals surface area (Å²) >= 11 is 0. The highest BCUT2D eigenvalue weighted by molar-refractivity contribution is 5.92. The van der Waals surface area contributed by atoms with E-state index in [1.54, 1.807) is 19.2 Å². The van der Waals surface area contributed by atoms with E-state index in [-0.39, 0.29) is 36.8 Å². The van der Waals surface area contributed by atoms with E-state index in [0.717, 1.165) is 0 Å². The second-order valence-corrected chi connectivity index (χ2v) is 5.35. The number of aromatic nitrogens is 1. The Labute approximate surface area is 154 Å². The molecular weight excluding hydrogens is 360 g/mol. The van der Waals surface area contributed by atoms with Crippen LogP contribution in [0.1, 0.15) is 0 Å². The smallest absolute Gasteiger partial charge is 0.336 e. The molecule has 0 radical (unpaired) electrons. The molecule has 0 fully saturated rings. The molecule has 0 bridgehead atoms. The van der Waals surface area contributed by atoms with Crippen LogP contribution >= 0.6 is 0 Å². The third-order valence-electron chi connectivity index (χ3n) is 3.55. The lowest BCUT2D eigenvalue weighted by molar-refractivity contribution is -0.383. The quantitative estimate of drug-likeness (QED) is 0.332. The monoisotopic (exact) mass is 380 g/mol. The van der Waals surface area contributed by atoms with E-state index in [0.29, 0.717) is 18.6 Å². The molecule has 1 atom stereocenters. The first kappa shape index (κ1) is 20.5. The first-order valence-corrected chi connectivity index (χ1v) is 8.10. The van der Waals surface area contributed by atoms with E-state index in [1.807, 2.05) is 0 Å². The van der Waals surface area contributed by atoms with E-state index < -0.39 is 17.0 Å². The van der Waals surface area contributed by atoms with Gasteiger partial charge in [-0.25, -0.2) is 4.79 Å². The minimum Gasteiger partial charge on any atom is -0.488 e. The van der Waals surface area contributed by atoms with E-state index in [9.17, 15) is 20.0 Å². The van der Waals surface area contributed by atoms with Crippen LogP contribution < -0.4 is 4.74 Å². The van der Waals surface area contributed by atoms with Crippen LogP contribution in [-0.2, 0) is 19.0 Å². The molecule has 0 saturated heterocycles. The standard InChI is InChI=1S/C17H20N2O8/c1-24-7-8-25-9-10-26-15(17(20)21)11-27-14-5-4-13(19(22)23)12-3-2-6-18-16(12)14/h2-6,15H,7-11H2,1H3,(H,20,21). The molecule has 0 saturated carbocycles. The maximum absolute atomic E-state index is 11.3. The first-order chi connectivity index (χ1) is 13.0. The van der Waals surface area contributed by atoms with Gasteiger partial charge in [0, 0.05) is 19.4 Å². The molecule has 0 aliphatic rings. The Hall–Kier alpha value is -2.82. The Kier molecular flexibility index (Phi) is 7.86. The predicted octanol–water partition coefficient (Wildman–Crippen LogP) is 1.65. The summed E-state index contributed by atoms with van der Waals surface area (Å²) in [6, 6.07) is 5.81. The summed E-state index contributed by atoms with van der Waals surface area (Å²) in [4.78, 5) is 26.0. The molecule has 2 rings (SSSR count). The Balaban J connectivity index is 2.00. The summed E-state index contributed by atoms with van der Waals surface area (Å²) in [6.07, 6.45) is 0.256. The van der Waals surface area contributed by atoms with Gasteiger partial charge in [0.25, 0.3) is 5.69 Å². The Morgan fingerprint density at radius 3 is 2.74 bits per heavy atom. The summed E-state index contributed by atoms with van der Waals surface area (Å²) in [5, 5.41) is 20.7. The average Bonchev–Trinajstić information content (AvgIpc) is 2.66. The first-order valence-electron chi connectivity index (χ1n) is 8.10. The van der Waals surface area contributed by atoms with Gasteiger partial charge in [0.2, 0.25) is 0 Å². The fraction of sp³-hybridized carbons (Fsp3) is 0.412. The third-order valence-corrected chi connectivity index (χ3v) is 3.55. The van der Waals surface area contributed by atoms with Gasteiger partial charge < -0.3 is 24.1 Å². The van der Waals surface area contributed by atoms with Gasteiger partial charge in [-0.05, 0) is 18.2 Å². The number of aliphatic carboxylic acids is 1. The Bertz CT molecular complexity index is 783. The lowest BCUT2D eigenvalue weighted by Gasteiger charge is -2.15. The van der Waals surface area contributed by atoms with E-state index in [1.165, 1.54) is 18.3 Å². The molecule has 1 unspecified atom stereocenters. The second kappa shape index (κ2) is 10.4. The molecular formula is C17H20N2O8. The highest BCUT2D eigenvalue weighted by Crippen LogP contribution is 2.31. The molecule has 2 aromatic rings. The van der Waals surface area contributed by atoms with E-state index >= 15 is 0 Å².